The molecule has 0 heterocycles. The first-order chi connectivity index (χ1) is 27.7. The van der Waals surface area contributed by atoms with Gasteiger partial charge in [-0.05, 0) is 31.1 Å². The number of unbranched alkanes of at least 4 members (excludes halogenated alkanes) is 30. The molecule has 0 rings (SSSR count). The van der Waals surface area contributed by atoms with Crippen LogP contribution in [0.15, 0.2) is 0 Å². The normalized spacial score (nSPS) is 12.1. The van der Waals surface area contributed by atoms with Crippen LogP contribution in [0.1, 0.15) is 279 Å². The summed E-state index contributed by atoms with van der Waals surface area (Å²) in [5, 5.41) is 0. The molecule has 0 saturated heterocycles. The Labute approximate surface area is 355 Å². The van der Waals surface area contributed by atoms with Crippen LogP contribution in [0, 0.1) is 11.8 Å². The van der Waals surface area contributed by atoms with Crippen molar-refractivity contribution in [2.45, 2.75) is 285 Å². The number of ether oxygens (including phenoxy) is 3. The Morgan fingerprint density at radius 3 is 0.860 bits per heavy atom. The van der Waals surface area contributed by atoms with Crippen molar-refractivity contribution < 1.29 is 28.6 Å². The first-order valence-corrected chi connectivity index (χ1v) is 25.2. The quantitative estimate of drug-likeness (QED) is 0.0346. The maximum Gasteiger partial charge on any atom is 0.306 e. The van der Waals surface area contributed by atoms with Gasteiger partial charge in [0.2, 0.25) is 0 Å². The lowest BCUT2D eigenvalue weighted by Gasteiger charge is -2.18. The van der Waals surface area contributed by atoms with Gasteiger partial charge >= 0.3 is 17.9 Å². The molecule has 0 bridgehead atoms. The highest BCUT2D eigenvalue weighted by Gasteiger charge is 2.19. The zero-order valence-electron chi connectivity index (χ0n) is 39.0. The Kier molecular flexibility index (Phi) is 42.7. The monoisotopic (exact) mass is 807 g/mol. The Morgan fingerprint density at radius 2 is 0.579 bits per heavy atom. The second-order valence-electron chi connectivity index (χ2n) is 18.4. The van der Waals surface area contributed by atoms with Crippen molar-refractivity contribution in [3.63, 3.8) is 0 Å². The third kappa shape index (κ3) is 45.3. The van der Waals surface area contributed by atoms with E-state index in [-0.39, 0.29) is 31.1 Å². The maximum atomic E-state index is 12.8. The van der Waals surface area contributed by atoms with Gasteiger partial charge in [0.1, 0.15) is 13.2 Å². The fourth-order valence-electron chi connectivity index (χ4n) is 7.64. The second kappa shape index (κ2) is 44.0. The highest BCUT2D eigenvalue weighted by Crippen LogP contribution is 2.17. The number of carbonyl (C=O) groups excluding carboxylic acids is 3. The van der Waals surface area contributed by atoms with Crippen molar-refractivity contribution >= 4 is 17.9 Å². The van der Waals surface area contributed by atoms with E-state index in [1.807, 2.05) is 0 Å². The molecule has 1 atom stereocenters. The van der Waals surface area contributed by atoms with Crippen LogP contribution in [0.4, 0.5) is 0 Å². The average Bonchev–Trinajstić information content (AvgIpc) is 3.18. The minimum absolute atomic E-state index is 0.0645. The van der Waals surface area contributed by atoms with E-state index in [4.69, 9.17) is 14.2 Å². The molecular weight excluding hydrogens is 709 g/mol. The van der Waals surface area contributed by atoms with Gasteiger partial charge in [-0.15, -0.1) is 0 Å². The van der Waals surface area contributed by atoms with Gasteiger partial charge in [0, 0.05) is 19.3 Å². The Balaban J connectivity index is 4.28. The van der Waals surface area contributed by atoms with E-state index >= 15 is 0 Å². The predicted molar refractivity (Wildman–Crippen MR) is 243 cm³/mol. The van der Waals surface area contributed by atoms with Crippen molar-refractivity contribution in [2.24, 2.45) is 11.8 Å². The van der Waals surface area contributed by atoms with E-state index in [0.717, 1.165) is 69.6 Å². The molecule has 0 aromatic carbocycles. The first kappa shape index (κ1) is 55.4. The van der Waals surface area contributed by atoms with Gasteiger partial charge in [-0.2, -0.15) is 0 Å². The Hall–Kier alpha value is -1.59. The number of rotatable bonds is 45. The average molecular weight is 807 g/mol. The third-order valence-electron chi connectivity index (χ3n) is 11.5. The van der Waals surface area contributed by atoms with Gasteiger partial charge in [-0.25, -0.2) is 0 Å². The summed E-state index contributed by atoms with van der Waals surface area (Å²) in [5.41, 5.74) is 0. The van der Waals surface area contributed by atoms with Crippen molar-refractivity contribution in [3.05, 3.63) is 0 Å². The maximum absolute atomic E-state index is 12.8. The van der Waals surface area contributed by atoms with Crippen molar-refractivity contribution in [2.75, 3.05) is 13.2 Å². The van der Waals surface area contributed by atoms with Crippen LogP contribution in [0.25, 0.3) is 0 Å². The third-order valence-corrected chi connectivity index (χ3v) is 11.5. The van der Waals surface area contributed by atoms with Crippen LogP contribution in [0.2, 0.25) is 0 Å². The first-order valence-electron chi connectivity index (χ1n) is 25.2. The number of esters is 3. The molecule has 0 spiro atoms. The topological polar surface area (TPSA) is 78.9 Å². The summed E-state index contributed by atoms with van der Waals surface area (Å²) < 4.78 is 16.8. The lowest BCUT2D eigenvalue weighted by Crippen LogP contribution is -2.30. The summed E-state index contributed by atoms with van der Waals surface area (Å²) >= 11 is 0. The van der Waals surface area contributed by atoms with E-state index in [9.17, 15) is 14.4 Å². The van der Waals surface area contributed by atoms with Crippen LogP contribution in [-0.4, -0.2) is 37.2 Å². The highest BCUT2D eigenvalue weighted by molar-refractivity contribution is 5.71. The predicted octanol–water partition coefficient (Wildman–Crippen LogP) is 16.1. The molecule has 0 aromatic heterocycles. The molecule has 0 N–H and O–H groups in total. The summed E-state index contributed by atoms with van der Waals surface area (Å²) in [7, 11) is 0. The molecular formula is C51H98O6. The molecule has 57 heavy (non-hydrogen) atoms. The van der Waals surface area contributed by atoms with E-state index in [0.29, 0.717) is 19.3 Å². The van der Waals surface area contributed by atoms with Gasteiger partial charge in [-0.1, -0.05) is 240 Å². The molecule has 6 heteroatoms. The van der Waals surface area contributed by atoms with Crippen molar-refractivity contribution in [1.82, 2.24) is 0 Å². The van der Waals surface area contributed by atoms with Gasteiger partial charge in [-0.3, -0.25) is 14.4 Å². The van der Waals surface area contributed by atoms with E-state index in [1.165, 1.54) is 167 Å². The van der Waals surface area contributed by atoms with Crippen LogP contribution < -0.4 is 0 Å². The highest BCUT2D eigenvalue weighted by atomic mass is 16.6. The summed E-state index contributed by atoms with van der Waals surface area (Å²) in [6, 6.07) is 0. The minimum atomic E-state index is -0.761. The SMILES string of the molecule is CCCCCCCCCCCCCCCCC(=O)OC[C@@H](COC(=O)CCCCCCCCC(C)C)OC(=O)CCCCCCCCCCCCCCCC(C)C. The number of hydrogen-bond donors (Lipinski definition) is 0. The molecule has 0 aliphatic carbocycles. The summed E-state index contributed by atoms with van der Waals surface area (Å²) in [6.45, 7) is 11.3. The molecule has 0 fully saturated rings. The molecule has 0 unspecified atom stereocenters. The lowest BCUT2D eigenvalue weighted by atomic mass is 10.0. The van der Waals surface area contributed by atoms with Crippen LogP contribution in [0.5, 0.6) is 0 Å². The molecule has 0 radical (unpaired) electrons. The fraction of sp³-hybridized carbons (Fsp3) is 0.941. The fourth-order valence-corrected chi connectivity index (χ4v) is 7.64. The summed E-state index contributed by atoms with van der Waals surface area (Å²) in [5.74, 6) is 0.747. The molecule has 0 saturated carbocycles. The van der Waals surface area contributed by atoms with Crippen molar-refractivity contribution in [3.8, 4) is 0 Å². The van der Waals surface area contributed by atoms with E-state index in [2.05, 4.69) is 34.6 Å². The van der Waals surface area contributed by atoms with Gasteiger partial charge in [0.25, 0.3) is 0 Å². The van der Waals surface area contributed by atoms with E-state index < -0.39 is 6.10 Å². The van der Waals surface area contributed by atoms with Crippen LogP contribution in [-0.2, 0) is 28.6 Å². The Morgan fingerprint density at radius 1 is 0.333 bits per heavy atom. The lowest BCUT2D eigenvalue weighted by molar-refractivity contribution is -0.167. The van der Waals surface area contributed by atoms with Crippen molar-refractivity contribution in [1.29, 1.82) is 0 Å². The van der Waals surface area contributed by atoms with Crippen LogP contribution >= 0.6 is 0 Å². The zero-order chi connectivity index (χ0) is 41.9. The Bertz CT molecular complexity index is 870. The summed E-state index contributed by atoms with van der Waals surface area (Å²) in [6.07, 6.45) is 43.9. The number of carbonyl (C=O) groups is 3. The van der Waals surface area contributed by atoms with Gasteiger partial charge in [0.15, 0.2) is 6.10 Å². The second-order valence-corrected chi connectivity index (χ2v) is 18.4. The smallest absolute Gasteiger partial charge is 0.306 e. The largest absolute Gasteiger partial charge is 0.462 e. The molecule has 338 valence electrons. The van der Waals surface area contributed by atoms with Gasteiger partial charge in [0.05, 0.1) is 0 Å². The number of hydrogen-bond acceptors (Lipinski definition) is 6. The molecule has 0 aliphatic heterocycles. The molecule has 0 aliphatic rings. The summed E-state index contributed by atoms with van der Waals surface area (Å²) in [4.78, 5) is 37.8. The minimum Gasteiger partial charge on any atom is -0.462 e. The molecule has 0 aromatic rings. The molecule has 0 amide bonds. The van der Waals surface area contributed by atoms with E-state index in [1.54, 1.807) is 0 Å². The van der Waals surface area contributed by atoms with Gasteiger partial charge < -0.3 is 14.2 Å². The molecule has 6 nitrogen and oxygen atoms in total. The van der Waals surface area contributed by atoms with Crippen LogP contribution in [0.3, 0.4) is 0 Å². The standard InChI is InChI=1S/C51H98O6/c1-6-7-8-9-10-11-12-13-16-19-22-25-31-36-41-49(52)55-44-48(45-56-50(53)42-37-32-28-27-30-35-40-47(4)5)57-51(54)43-38-33-26-23-20-17-14-15-18-21-24-29-34-39-46(2)3/h46-48H,6-45H2,1-5H3/t48-/m0/s1. The zero-order valence-corrected chi connectivity index (χ0v) is 39.0.